The number of aliphatic hydroxyl groups is 1. The first-order valence-electron chi connectivity index (χ1n) is 5.86. The van der Waals surface area contributed by atoms with Gasteiger partial charge in [0.2, 0.25) is 0 Å². The third-order valence-corrected chi connectivity index (χ3v) is 2.92. The van der Waals surface area contributed by atoms with Crippen molar-refractivity contribution in [2.24, 2.45) is 7.05 Å². The van der Waals surface area contributed by atoms with E-state index in [0.717, 1.165) is 29.2 Å². The number of aliphatic hydroxyl groups excluding tert-OH is 1. The van der Waals surface area contributed by atoms with Crippen molar-refractivity contribution >= 4 is 5.82 Å². The van der Waals surface area contributed by atoms with Crippen LogP contribution < -0.4 is 4.90 Å². The van der Waals surface area contributed by atoms with Crippen LogP contribution in [0.5, 0.6) is 0 Å². The van der Waals surface area contributed by atoms with Crippen molar-refractivity contribution in [3.63, 3.8) is 0 Å². The summed E-state index contributed by atoms with van der Waals surface area (Å²) in [6.45, 7) is 2.71. The first-order valence-corrected chi connectivity index (χ1v) is 5.86. The van der Waals surface area contributed by atoms with Gasteiger partial charge in [-0.05, 0) is 18.6 Å². The van der Waals surface area contributed by atoms with Gasteiger partial charge in [0, 0.05) is 38.1 Å². The highest BCUT2D eigenvalue weighted by Gasteiger charge is 2.07. The van der Waals surface area contributed by atoms with Crippen LogP contribution in [0.15, 0.2) is 24.5 Å². The van der Waals surface area contributed by atoms with E-state index in [1.165, 1.54) is 0 Å². The highest BCUT2D eigenvalue weighted by molar-refractivity contribution is 5.41. The highest BCUT2D eigenvalue weighted by atomic mass is 16.3. The lowest BCUT2D eigenvalue weighted by atomic mass is 10.2. The second-order valence-corrected chi connectivity index (χ2v) is 4.45. The molecule has 0 aromatic carbocycles. The summed E-state index contributed by atoms with van der Waals surface area (Å²) in [5, 5.41) is 13.3. The second kappa shape index (κ2) is 5.18. The molecule has 2 heterocycles. The van der Waals surface area contributed by atoms with Crippen molar-refractivity contribution in [2.75, 3.05) is 11.9 Å². The molecule has 0 spiro atoms. The molecular formula is C13H18N4O. The Morgan fingerprint density at radius 1 is 1.39 bits per heavy atom. The number of hydrogen-bond donors (Lipinski definition) is 1. The molecule has 0 unspecified atom stereocenters. The van der Waals surface area contributed by atoms with Gasteiger partial charge in [-0.1, -0.05) is 6.07 Å². The minimum Gasteiger partial charge on any atom is -0.392 e. The molecule has 0 atom stereocenters. The number of hydrogen-bond acceptors (Lipinski definition) is 4. The van der Waals surface area contributed by atoms with Gasteiger partial charge in [-0.2, -0.15) is 5.10 Å². The van der Waals surface area contributed by atoms with Crippen LogP contribution in [0, 0.1) is 6.92 Å². The zero-order valence-electron chi connectivity index (χ0n) is 11.0. The van der Waals surface area contributed by atoms with Gasteiger partial charge in [-0.15, -0.1) is 0 Å². The number of nitrogens with zero attached hydrogens (tertiary/aromatic N) is 4. The zero-order chi connectivity index (χ0) is 13.1. The van der Waals surface area contributed by atoms with Gasteiger partial charge in [0.05, 0.1) is 12.8 Å². The Kier molecular flexibility index (Phi) is 3.62. The van der Waals surface area contributed by atoms with Gasteiger partial charge in [-0.3, -0.25) is 4.68 Å². The molecule has 2 aromatic heterocycles. The van der Waals surface area contributed by atoms with Crippen LogP contribution in [-0.4, -0.2) is 26.9 Å². The van der Waals surface area contributed by atoms with Crippen LogP contribution in [0.3, 0.4) is 0 Å². The molecule has 18 heavy (non-hydrogen) atoms. The van der Waals surface area contributed by atoms with Crippen molar-refractivity contribution in [1.82, 2.24) is 14.8 Å². The Bertz CT molecular complexity index is 536. The number of anilines is 1. The average Bonchev–Trinajstić information content (AvgIpc) is 2.74. The fourth-order valence-corrected chi connectivity index (χ4v) is 1.86. The Morgan fingerprint density at radius 2 is 2.17 bits per heavy atom. The number of pyridine rings is 1. The van der Waals surface area contributed by atoms with Crippen LogP contribution >= 0.6 is 0 Å². The van der Waals surface area contributed by atoms with Crippen molar-refractivity contribution in [3.8, 4) is 0 Å². The summed E-state index contributed by atoms with van der Waals surface area (Å²) in [6, 6.07) is 3.84. The molecule has 0 aliphatic heterocycles. The number of aryl methyl sites for hydroxylation is 2. The molecule has 0 saturated heterocycles. The van der Waals surface area contributed by atoms with Crippen LogP contribution in [0.25, 0.3) is 0 Å². The molecule has 0 aliphatic carbocycles. The van der Waals surface area contributed by atoms with Crippen molar-refractivity contribution in [1.29, 1.82) is 0 Å². The zero-order valence-corrected chi connectivity index (χ0v) is 11.0. The largest absolute Gasteiger partial charge is 0.392 e. The summed E-state index contributed by atoms with van der Waals surface area (Å²) in [5.41, 5.74) is 2.88. The molecule has 5 nitrogen and oxygen atoms in total. The molecule has 1 N–H and O–H groups in total. The normalized spacial score (nSPS) is 10.7. The van der Waals surface area contributed by atoms with Crippen molar-refractivity contribution in [2.45, 2.75) is 20.1 Å². The van der Waals surface area contributed by atoms with E-state index in [9.17, 15) is 0 Å². The highest BCUT2D eigenvalue weighted by Crippen LogP contribution is 2.15. The Labute approximate surface area is 107 Å². The Morgan fingerprint density at radius 3 is 2.72 bits per heavy atom. The molecule has 0 radical (unpaired) electrons. The third kappa shape index (κ3) is 2.68. The fourth-order valence-electron chi connectivity index (χ4n) is 1.86. The Hall–Kier alpha value is -1.88. The maximum Gasteiger partial charge on any atom is 0.128 e. The number of aromatic nitrogens is 3. The standard InChI is InChI=1S/C13H18N4O/c1-10-12(9-18)4-5-13(15-10)16(2)7-11-6-14-17(3)8-11/h4-6,8,18H,7,9H2,1-3H3. The molecule has 0 aliphatic rings. The van der Waals surface area contributed by atoms with Crippen molar-refractivity contribution in [3.05, 3.63) is 41.3 Å². The molecule has 0 saturated carbocycles. The van der Waals surface area contributed by atoms with E-state index >= 15 is 0 Å². The topological polar surface area (TPSA) is 54.2 Å². The van der Waals surface area contributed by atoms with E-state index in [4.69, 9.17) is 5.11 Å². The first kappa shape index (κ1) is 12.6. The summed E-state index contributed by atoms with van der Waals surface area (Å²) >= 11 is 0. The Balaban J connectivity index is 2.13. The van der Waals surface area contributed by atoms with Gasteiger partial charge < -0.3 is 10.0 Å². The molecular weight excluding hydrogens is 228 g/mol. The lowest BCUT2D eigenvalue weighted by Crippen LogP contribution is -2.18. The lowest BCUT2D eigenvalue weighted by molar-refractivity contribution is 0.280. The van der Waals surface area contributed by atoms with Gasteiger partial charge >= 0.3 is 0 Å². The summed E-state index contributed by atoms with van der Waals surface area (Å²) in [4.78, 5) is 6.55. The third-order valence-electron chi connectivity index (χ3n) is 2.92. The minimum atomic E-state index is 0.0332. The predicted octanol–water partition coefficient (Wildman–Crippen LogP) is 1.25. The fraction of sp³-hybridized carbons (Fsp3) is 0.385. The number of rotatable bonds is 4. The van der Waals surface area contributed by atoms with Gasteiger partial charge in [-0.25, -0.2) is 4.98 Å². The van der Waals surface area contributed by atoms with E-state index in [1.54, 1.807) is 4.68 Å². The van der Waals surface area contributed by atoms with E-state index in [2.05, 4.69) is 15.0 Å². The van der Waals surface area contributed by atoms with Crippen LogP contribution in [0.1, 0.15) is 16.8 Å². The molecule has 0 bridgehead atoms. The summed E-state index contributed by atoms with van der Waals surface area (Å²) in [6.07, 6.45) is 3.84. The maximum absolute atomic E-state index is 9.12. The van der Waals surface area contributed by atoms with Crippen LogP contribution in [0.4, 0.5) is 5.82 Å². The van der Waals surface area contributed by atoms with Crippen molar-refractivity contribution < 1.29 is 5.11 Å². The molecule has 5 heteroatoms. The van der Waals surface area contributed by atoms with Gasteiger partial charge in [0.1, 0.15) is 5.82 Å². The summed E-state index contributed by atoms with van der Waals surface area (Å²) < 4.78 is 1.79. The minimum absolute atomic E-state index is 0.0332. The summed E-state index contributed by atoms with van der Waals surface area (Å²) in [5.74, 6) is 0.897. The van der Waals surface area contributed by atoms with Gasteiger partial charge in [0.25, 0.3) is 0 Å². The molecule has 2 aromatic rings. The van der Waals surface area contributed by atoms with Gasteiger partial charge in [0.15, 0.2) is 0 Å². The predicted molar refractivity (Wildman–Crippen MR) is 70.2 cm³/mol. The van der Waals surface area contributed by atoms with Crippen LogP contribution in [-0.2, 0) is 20.2 Å². The van der Waals surface area contributed by atoms with E-state index in [-0.39, 0.29) is 6.61 Å². The first-order chi connectivity index (χ1) is 8.60. The smallest absolute Gasteiger partial charge is 0.128 e. The molecule has 2 rings (SSSR count). The molecule has 0 fully saturated rings. The molecule has 96 valence electrons. The van der Waals surface area contributed by atoms with E-state index in [0.29, 0.717) is 0 Å². The lowest BCUT2D eigenvalue weighted by Gasteiger charge is -2.18. The summed E-state index contributed by atoms with van der Waals surface area (Å²) in [7, 11) is 3.90. The van der Waals surface area contributed by atoms with E-state index in [1.807, 2.05) is 45.5 Å². The maximum atomic E-state index is 9.12. The molecule has 0 amide bonds. The SMILES string of the molecule is Cc1nc(N(C)Cc2cnn(C)c2)ccc1CO. The monoisotopic (exact) mass is 246 g/mol. The van der Waals surface area contributed by atoms with E-state index < -0.39 is 0 Å². The van der Waals surface area contributed by atoms with Crippen LogP contribution in [0.2, 0.25) is 0 Å². The quantitative estimate of drug-likeness (QED) is 0.882. The second-order valence-electron chi connectivity index (χ2n) is 4.45. The average molecular weight is 246 g/mol.